The number of fused-ring (bicyclic) bond motifs is 1. The van der Waals surface area contributed by atoms with Gasteiger partial charge in [-0.05, 0) is 55.5 Å². The number of rotatable bonds is 6. The average molecular weight is 411 g/mol. The topological polar surface area (TPSA) is 80.1 Å². The van der Waals surface area contributed by atoms with Gasteiger partial charge >= 0.3 is 0 Å². The van der Waals surface area contributed by atoms with E-state index < -0.39 is 0 Å². The van der Waals surface area contributed by atoms with Crippen LogP contribution in [0.4, 0.5) is 21.7 Å². The molecule has 9 heteroatoms. The zero-order chi connectivity index (χ0) is 20.4. The molecule has 3 aromatic rings. The lowest BCUT2D eigenvalue weighted by Crippen LogP contribution is -2.15. The largest absolute Gasteiger partial charge is 0.325 e. The second-order valence-electron chi connectivity index (χ2n) is 6.53. The molecule has 1 amide bonds. The van der Waals surface area contributed by atoms with Gasteiger partial charge in [0.05, 0.1) is 5.75 Å². The summed E-state index contributed by atoms with van der Waals surface area (Å²) in [5, 5.41) is 11.9. The Morgan fingerprint density at radius 2 is 1.79 bits per heavy atom. The zero-order valence-corrected chi connectivity index (χ0v) is 16.4. The van der Waals surface area contributed by atoms with Crippen molar-refractivity contribution in [2.45, 2.75) is 18.6 Å². The normalized spacial score (nSPS) is 12.7. The van der Waals surface area contributed by atoms with Gasteiger partial charge in [0.1, 0.15) is 5.82 Å². The summed E-state index contributed by atoms with van der Waals surface area (Å²) in [6, 6.07) is 13.0. The molecule has 1 aliphatic heterocycles. The van der Waals surface area contributed by atoms with Crippen molar-refractivity contribution in [3.05, 3.63) is 59.9 Å². The fraction of sp³-hybridized carbons (Fsp3) is 0.200. The van der Waals surface area contributed by atoms with E-state index in [9.17, 15) is 14.0 Å². The molecule has 0 aliphatic carbocycles. The van der Waals surface area contributed by atoms with Crippen LogP contribution in [-0.2, 0) is 11.3 Å². The molecule has 1 aliphatic rings. The maximum atomic E-state index is 13.2. The third-order valence-corrected chi connectivity index (χ3v) is 5.50. The number of amides is 1. The third kappa shape index (κ3) is 4.14. The molecule has 0 saturated carbocycles. The predicted molar refractivity (Wildman–Crippen MR) is 109 cm³/mol. The molecule has 0 atom stereocenters. The number of thioether (sulfide) groups is 1. The van der Waals surface area contributed by atoms with Crippen LogP contribution in [0.1, 0.15) is 17.3 Å². The van der Waals surface area contributed by atoms with E-state index >= 15 is 0 Å². The number of nitrogens with zero attached hydrogens (tertiary/aromatic N) is 4. The van der Waals surface area contributed by atoms with Crippen molar-refractivity contribution in [2.24, 2.45) is 0 Å². The van der Waals surface area contributed by atoms with Gasteiger partial charge in [-0.1, -0.05) is 11.8 Å². The van der Waals surface area contributed by atoms with E-state index in [1.165, 1.54) is 30.8 Å². The molecule has 7 nitrogen and oxygen atoms in total. The molecule has 0 radical (unpaired) electrons. The first-order valence-electron chi connectivity index (χ1n) is 9.01. The number of Topliss-reactive ketones (excluding diaryl/α,β-unsaturated/α-hetero) is 1. The van der Waals surface area contributed by atoms with E-state index in [1.54, 1.807) is 36.4 Å². The smallest absolute Gasteiger partial charge is 0.234 e. The van der Waals surface area contributed by atoms with Crippen LogP contribution in [0.25, 0.3) is 0 Å². The molecule has 2 heterocycles. The molecule has 29 heavy (non-hydrogen) atoms. The number of benzene rings is 2. The lowest BCUT2D eigenvalue weighted by Gasteiger charge is -2.14. The molecule has 1 N–H and O–H groups in total. The minimum atomic E-state index is -0.285. The lowest BCUT2D eigenvalue weighted by atomic mass is 10.1. The van der Waals surface area contributed by atoms with Crippen LogP contribution in [0.5, 0.6) is 0 Å². The van der Waals surface area contributed by atoms with Gasteiger partial charge in [-0.3, -0.25) is 14.2 Å². The number of carbonyl (C=O) groups excluding carboxylic acids is 2. The summed E-state index contributed by atoms with van der Waals surface area (Å²) in [7, 11) is 0. The van der Waals surface area contributed by atoms with Gasteiger partial charge in [-0.2, -0.15) is 0 Å². The number of aromatic nitrogens is 3. The second-order valence-corrected chi connectivity index (χ2v) is 7.48. The Balaban J connectivity index is 1.37. The summed E-state index contributed by atoms with van der Waals surface area (Å²) in [5.41, 5.74) is 2.08. The molecule has 0 unspecified atom stereocenters. The highest BCUT2D eigenvalue weighted by Gasteiger charge is 2.26. The van der Waals surface area contributed by atoms with Crippen molar-refractivity contribution in [2.75, 3.05) is 22.5 Å². The highest BCUT2D eigenvalue weighted by Crippen LogP contribution is 2.32. The van der Waals surface area contributed by atoms with Crippen LogP contribution in [-0.4, -0.2) is 38.8 Å². The highest BCUT2D eigenvalue weighted by molar-refractivity contribution is 7.99. The Morgan fingerprint density at radius 1 is 1.07 bits per heavy atom. The quantitative estimate of drug-likeness (QED) is 0.494. The van der Waals surface area contributed by atoms with Crippen LogP contribution >= 0.6 is 11.8 Å². The second kappa shape index (κ2) is 8.04. The fourth-order valence-electron chi connectivity index (χ4n) is 3.06. The van der Waals surface area contributed by atoms with E-state index in [0.29, 0.717) is 35.4 Å². The number of hydrogen-bond donors (Lipinski definition) is 1. The molecule has 1 aromatic heterocycles. The first-order chi connectivity index (χ1) is 14.0. The molecule has 0 saturated heterocycles. The summed E-state index contributed by atoms with van der Waals surface area (Å²) in [4.78, 5) is 25.5. The van der Waals surface area contributed by atoms with E-state index in [0.717, 1.165) is 5.69 Å². The van der Waals surface area contributed by atoms with Gasteiger partial charge in [-0.15, -0.1) is 10.2 Å². The number of halogens is 1. The van der Waals surface area contributed by atoms with Gasteiger partial charge < -0.3 is 10.2 Å². The molecular weight excluding hydrogens is 393 g/mol. The van der Waals surface area contributed by atoms with Crippen LogP contribution < -0.4 is 10.2 Å². The minimum absolute atomic E-state index is 0.0197. The highest BCUT2D eigenvalue weighted by atomic mass is 32.2. The van der Waals surface area contributed by atoms with Crippen molar-refractivity contribution < 1.29 is 14.0 Å². The molecule has 148 valence electrons. The van der Waals surface area contributed by atoms with E-state index in [2.05, 4.69) is 15.5 Å². The summed E-state index contributed by atoms with van der Waals surface area (Å²) in [6.07, 6.45) is 0. The van der Waals surface area contributed by atoms with Crippen molar-refractivity contribution in [1.29, 1.82) is 0 Å². The Kier molecular flexibility index (Phi) is 5.30. The third-order valence-electron chi connectivity index (χ3n) is 4.53. The van der Waals surface area contributed by atoms with Crippen LogP contribution in [0.3, 0.4) is 0 Å². The standard InChI is InChI=1S/C20H18FN5O2S/c1-13(27)14-2-6-16(7-3-14)22-18(28)12-29-20-24-23-19-25(10-11-26(19)20)17-8-4-15(21)5-9-17/h2-9H,10-12H2,1H3,(H,22,28). The molecular formula is C20H18FN5O2S. The fourth-order valence-corrected chi connectivity index (χ4v) is 3.82. The first-order valence-corrected chi connectivity index (χ1v) is 10.00. The average Bonchev–Trinajstić information content (AvgIpc) is 3.30. The SMILES string of the molecule is CC(=O)c1ccc(NC(=O)CSc2nnc3n2CCN3c2ccc(F)cc2)cc1. The summed E-state index contributed by atoms with van der Waals surface area (Å²) in [5.74, 6) is 0.389. The first kappa shape index (κ1) is 19.1. The molecule has 2 aromatic carbocycles. The molecule has 0 fully saturated rings. The Labute approximate surface area is 170 Å². The Hall–Kier alpha value is -3.20. The molecule has 0 bridgehead atoms. The van der Waals surface area contributed by atoms with Crippen molar-refractivity contribution in [1.82, 2.24) is 14.8 Å². The maximum absolute atomic E-state index is 13.2. The van der Waals surface area contributed by atoms with Crippen molar-refractivity contribution in [3.8, 4) is 0 Å². The zero-order valence-electron chi connectivity index (χ0n) is 15.6. The molecule has 0 spiro atoms. The van der Waals surface area contributed by atoms with Gasteiger partial charge in [0.25, 0.3) is 0 Å². The summed E-state index contributed by atoms with van der Waals surface area (Å²) < 4.78 is 15.1. The van der Waals surface area contributed by atoms with Gasteiger partial charge in [0.2, 0.25) is 11.9 Å². The maximum Gasteiger partial charge on any atom is 0.234 e. The number of hydrogen-bond acceptors (Lipinski definition) is 6. The van der Waals surface area contributed by atoms with E-state index in [-0.39, 0.29) is 23.3 Å². The van der Waals surface area contributed by atoms with E-state index in [4.69, 9.17) is 0 Å². The van der Waals surface area contributed by atoms with Gasteiger partial charge in [0.15, 0.2) is 10.9 Å². The molecule has 4 rings (SSSR count). The van der Waals surface area contributed by atoms with Crippen LogP contribution in [0.2, 0.25) is 0 Å². The number of nitrogens with one attached hydrogen (secondary N) is 1. The van der Waals surface area contributed by atoms with Crippen molar-refractivity contribution >= 4 is 40.8 Å². The predicted octanol–water partition coefficient (Wildman–Crippen LogP) is 3.50. The van der Waals surface area contributed by atoms with E-state index in [1.807, 2.05) is 9.47 Å². The van der Waals surface area contributed by atoms with Crippen LogP contribution in [0, 0.1) is 5.82 Å². The summed E-state index contributed by atoms with van der Waals surface area (Å²) >= 11 is 1.30. The lowest BCUT2D eigenvalue weighted by molar-refractivity contribution is -0.113. The van der Waals surface area contributed by atoms with Crippen molar-refractivity contribution in [3.63, 3.8) is 0 Å². The summed E-state index contributed by atoms with van der Waals surface area (Å²) in [6.45, 7) is 2.90. The van der Waals surface area contributed by atoms with Gasteiger partial charge in [0, 0.05) is 30.0 Å². The number of carbonyl (C=O) groups is 2. The minimum Gasteiger partial charge on any atom is -0.325 e. The Morgan fingerprint density at radius 3 is 2.48 bits per heavy atom. The number of ketones is 1. The Bertz CT molecular complexity index is 1050. The number of anilines is 3. The van der Waals surface area contributed by atoms with Crippen LogP contribution in [0.15, 0.2) is 53.7 Å². The monoisotopic (exact) mass is 411 g/mol. The van der Waals surface area contributed by atoms with Gasteiger partial charge in [-0.25, -0.2) is 4.39 Å².